The van der Waals surface area contributed by atoms with Crippen LogP contribution in [0.4, 0.5) is 0 Å². The number of hydrogen-bond donors (Lipinski definition) is 0. The number of unbranched alkanes of at least 4 members (excludes halogenated alkanes) is 3. The molecule has 0 bridgehead atoms. The zero-order chi connectivity index (χ0) is 20.1. The normalized spacial score (nSPS) is 11.3. The van der Waals surface area contributed by atoms with Gasteiger partial charge in [-0.3, -0.25) is 9.36 Å². The smallest absolute Gasteiger partial charge is 0.283 e. The van der Waals surface area contributed by atoms with Gasteiger partial charge < -0.3 is 8.83 Å². The summed E-state index contributed by atoms with van der Waals surface area (Å²) in [6, 6.07) is 11.0. The van der Waals surface area contributed by atoms with E-state index in [-0.39, 0.29) is 5.56 Å². The molecule has 0 saturated heterocycles. The van der Waals surface area contributed by atoms with E-state index in [9.17, 15) is 4.79 Å². The van der Waals surface area contributed by atoms with E-state index >= 15 is 0 Å². The monoisotopic (exact) mass is 410 g/mol. The summed E-state index contributed by atoms with van der Waals surface area (Å²) in [7, 11) is 0. The van der Waals surface area contributed by atoms with Gasteiger partial charge in [-0.2, -0.15) is 0 Å². The van der Waals surface area contributed by atoms with Crippen LogP contribution in [0.1, 0.15) is 38.5 Å². The molecule has 3 aromatic heterocycles. The molecule has 8 heteroatoms. The molecule has 4 aromatic rings. The van der Waals surface area contributed by atoms with Gasteiger partial charge >= 0.3 is 0 Å². The molecule has 0 unspecified atom stereocenters. The highest BCUT2D eigenvalue weighted by molar-refractivity contribution is 7.98. The van der Waals surface area contributed by atoms with Gasteiger partial charge in [-0.05, 0) is 30.7 Å². The summed E-state index contributed by atoms with van der Waals surface area (Å²) < 4.78 is 12.7. The summed E-state index contributed by atoms with van der Waals surface area (Å²) in [5.74, 6) is 1.76. The van der Waals surface area contributed by atoms with Gasteiger partial charge in [0.15, 0.2) is 10.9 Å². The standard InChI is InChI=1S/C21H22N4O3S/c1-2-3-4-7-12-25-20(26)15-9-5-6-10-16(15)22-21(25)29-14-18-23-24-19(28-18)17-11-8-13-27-17/h5-6,8-11,13H,2-4,7,12,14H2,1H3. The fraction of sp³-hybridized carbons (Fsp3) is 0.333. The summed E-state index contributed by atoms with van der Waals surface area (Å²) in [6.45, 7) is 2.83. The molecule has 1 aromatic carbocycles. The third-order valence-electron chi connectivity index (χ3n) is 4.59. The molecule has 0 saturated carbocycles. The van der Waals surface area contributed by atoms with E-state index < -0.39 is 0 Å². The highest BCUT2D eigenvalue weighted by Crippen LogP contribution is 2.24. The lowest BCUT2D eigenvalue weighted by molar-refractivity contribution is 0.493. The van der Waals surface area contributed by atoms with Crippen molar-refractivity contribution < 1.29 is 8.83 Å². The second kappa shape index (κ2) is 9.09. The lowest BCUT2D eigenvalue weighted by Crippen LogP contribution is -2.23. The van der Waals surface area contributed by atoms with Gasteiger partial charge in [-0.15, -0.1) is 10.2 Å². The second-order valence-electron chi connectivity index (χ2n) is 6.70. The molecule has 0 aliphatic rings. The number of rotatable bonds is 9. The van der Waals surface area contributed by atoms with Gasteiger partial charge in [0.05, 0.1) is 22.9 Å². The quantitative estimate of drug-likeness (QED) is 0.220. The minimum absolute atomic E-state index is 0.00333. The van der Waals surface area contributed by atoms with Crippen LogP contribution in [0.3, 0.4) is 0 Å². The van der Waals surface area contributed by atoms with E-state index in [2.05, 4.69) is 17.1 Å². The Morgan fingerprint density at radius 1 is 1.07 bits per heavy atom. The van der Waals surface area contributed by atoms with E-state index in [0.29, 0.717) is 45.9 Å². The molecule has 0 atom stereocenters. The van der Waals surface area contributed by atoms with Gasteiger partial charge in [-0.25, -0.2) is 4.98 Å². The van der Waals surface area contributed by atoms with Crippen LogP contribution in [-0.2, 0) is 12.3 Å². The Morgan fingerprint density at radius 3 is 2.79 bits per heavy atom. The molecule has 29 heavy (non-hydrogen) atoms. The summed E-state index contributed by atoms with van der Waals surface area (Å²) in [6.07, 6.45) is 5.92. The Morgan fingerprint density at radius 2 is 1.97 bits per heavy atom. The molecule has 0 aliphatic heterocycles. The Kier molecular flexibility index (Phi) is 6.09. The molecule has 150 valence electrons. The van der Waals surface area contributed by atoms with Crippen molar-refractivity contribution in [2.75, 3.05) is 0 Å². The zero-order valence-corrected chi connectivity index (χ0v) is 17.0. The van der Waals surface area contributed by atoms with E-state index in [0.717, 1.165) is 25.7 Å². The van der Waals surface area contributed by atoms with Crippen LogP contribution in [-0.4, -0.2) is 19.7 Å². The number of furan rings is 1. The summed E-state index contributed by atoms with van der Waals surface area (Å²) in [4.78, 5) is 17.8. The first-order valence-electron chi connectivity index (χ1n) is 9.75. The third kappa shape index (κ3) is 4.42. The fourth-order valence-electron chi connectivity index (χ4n) is 3.09. The molecule has 4 rings (SSSR count). The second-order valence-corrected chi connectivity index (χ2v) is 7.64. The van der Waals surface area contributed by atoms with Gasteiger partial charge in [0, 0.05) is 6.54 Å². The SMILES string of the molecule is CCCCCCn1c(SCc2nnc(-c3ccco3)o2)nc2ccccc2c1=O. The van der Waals surface area contributed by atoms with Crippen LogP contribution in [0.5, 0.6) is 0 Å². The molecule has 0 fully saturated rings. The third-order valence-corrected chi connectivity index (χ3v) is 5.55. The van der Waals surface area contributed by atoms with Crippen molar-refractivity contribution in [2.24, 2.45) is 0 Å². The highest BCUT2D eigenvalue weighted by atomic mass is 32.2. The van der Waals surface area contributed by atoms with Gasteiger partial charge in [0.2, 0.25) is 5.89 Å². The zero-order valence-electron chi connectivity index (χ0n) is 16.2. The van der Waals surface area contributed by atoms with Gasteiger partial charge in [0.25, 0.3) is 11.4 Å². The predicted octanol–water partition coefficient (Wildman–Crippen LogP) is 4.91. The molecule has 7 nitrogen and oxygen atoms in total. The Bertz CT molecular complexity index is 1130. The molecule has 0 radical (unpaired) electrons. The molecular weight excluding hydrogens is 388 g/mol. The maximum absolute atomic E-state index is 13.0. The number of nitrogens with zero attached hydrogens (tertiary/aromatic N) is 4. The Hall–Kier alpha value is -2.87. The number of aromatic nitrogens is 4. The minimum atomic E-state index is -0.00333. The topological polar surface area (TPSA) is 86.9 Å². The van der Waals surface area contributed by atoms with Crippen molar-refractivity contribution in [3.8, 4) is 11.7 Å². The highest BCUT2D eigenvalue weighted by Gasteiger charge is 2.15. The van der Waals surface area contributed by atoms with Crippen LogP contribution in [0, 0.1) is 0 Å². The number of benzene rings is 1. The van der Waals surface area contributed by atoms with Gasteiger partial charge in [0.1, 0.15) is 0 Å². The lowest BCUT2D eigenvalue weighted by Gasteiger charge is -2.12. The largest absolute Gasteiger partial charge is 0.459 e. The molecule has 3 heterocycles. The van der Waals surface area contributed by atoms with E-state index in [1.54, 1.807) is 23.0 Å². The first-order valence-corrected chi connectivity index (χ1v) is 10.7. The summed E-state index contributed by atoms with van der Waals surface area (Å²) in [5.41, 5.74) is 0.697. The van der Waals surface area contributed by atoms with Crippen molar-refractivity contribution in [1.82, 2.24) is 19.7 Å². The number of fused-ring (bicyclic) bond motifs is 1. The van der Waals surface area contributed by atoms with Crippen molar-refractivity contribution in [3.05, 3.63) is 58.9 Å². The van der Waals surface area contributed by atoms with Crippen LogP contribution in [0.25, 0.3) is 22.6 Å². The molecular formula is C21H22N4O3S. The average molecular weight is 410 g/mol. The van der Waals surface area contributed by atoms with E-state index in [1.807, 2.05) is 24.3 Å². The van der Waals surface area contributed by atoms with E-state index in [1.165, 1.54) is 11.8 Å². The predicted molar refractivity (Wildman–Crippen MR) is 112 cm³/mol. The molecule has 0 aliphatic carbocycles. The first-order chi connectivity index (χ1) is 14.3. The Balaban J connectivity index is 1.57. The molecule has 0 spiro atoms. The van der Waals surface area contributed by atoms with Crippen LogP contribution in [0.15, 0.2) is 61.4 Å². The number of hydrogen-bond acceptors (Lipinski definition) is 7. The number of para-hydroxylation sites is 1. The molecule has 0 N–H and O–H groups in total. The maximum atomic E-state index is 13.0. The lowest BCUT2D eigenvalue weighted by atomic mass is 10.2. The van der Waals surface area contributed by atoms with Crippen molar-refractivity contribution in [3.63, 3.8) is 0 Å². The fourth-order valence-corrected chi connectivity index (χ4v) is 3.95. The van der Waals surface area contributed by atoms with Crippen molar-refractivity contribution >= 4 is 22.7 Å². The first kappa shape index (κ1) is 19.4. The number of thioether (sulfide) groups is 1. The van der Waals surface area contributed by atoms with Crippen LogP contribution >= 0.6 is 11.8 Å². The summed E-state index contributed by atoms with van der Waals surface area (Å²) in [5, 5.41) is 9.41. The van der Waals surface area contributed by atoms with Crippen molar-refractivity contribution in [2.45, 2.75) is 50.1 Å². The average Bonchev–Trinajstić information content (AvgIpc) is 3.43. The van der Waals surface area contributed by atoms with Crippen LogP contribution < -0.4 is 5.56 Å². The summed E-state index contributed by atoms with van der Waals surface area (Å²) >= 11 is 1.43. The molecule has 0 amide bonds. The van der Waals surface area contributed by atoms with Crippen LogP contribution in [0.2, 0.25) is 0 Å². The van der Waals surface area contributed by atoms with Gasteiger partial charge in [-0.1, -0.05) is 50.1 Å². The maximum Gasteiger partial charge on any atom is 0.283 e. The van der Waals surface area contributed by atoms with E-state index in [4.69, 9.17) is 13.8 Å². The van der Waals surface area contributed by atoms with Crippen molar-refractivity contribution in [1.29, 1.82) is 0 Å². The Labute approximate surface area is 172 Å². The minimum Gasteiger partial charge on any atom is -0.459 e.